The Balaban J connectivity index is 2.86. The number of hydrogen-bond acceptors (Lipinski definition) is 5. The number of para-hydroxylation sites is 1. The van der Waals surface area contributed by atoms with Crippen LogP contribution in [0.25, 0.3) is 0 Å². The fourth-order valence-corrected chi connectivity index (χ4v) is 1.38. The molecule has 1 atom stereocenters. The number of aliphatic hydroxyl groups excluding tert-OH is 1. The Morgan fingerprint density at radius 2 is 2.00 bits per heavy atom. The quantitative estimate of drug-likeness (QED) is 0.513. The summed E-state index contributed by atoms with van der Waals surface area (Å²) in [5.41, 5.74) is -0.605. The Hall–Kier alpha value is -1.95. The van der Waals surface area contributed by atoms with E-state index in [4.69, 9.17) is 4.74 Å². The van der Waals surface area contributed by atoms with Gasteiger partial charge in [0.25, 0.3) is 5.69 Å². The molecule has 0 saturated carbocycles. The van der Waals surface area contributed by atoms with Gasteiger partial charge in [-0.15, -0.1) is 0 Å². The standard InChI is InChI=1S/C13H17NO5/c1-13(2,3)8-19-12(16)11(15)9-6-4-5-7-10(9)14(17)18/h4-7,11,15H,8H2,1-3H3. The number of benzene rings is 1. The summed E-state index contributed by atoms with van der Waals surface area (Å²) < 4.78 is 4.95. The molecule has 0 amide bonds. The van der Waals surface area contributed by atoms with Gasteiger partial charge < -0.3 is 9.84 Å². The number of carbonyl (C=O) groups is 1. The van der Waals surface area contributed by atoms with Crippen LogP contribution in [0.15, 0.2) is 24.3 Å². The van der Waals surface area contributed by atoms with Crippen LogP contribution in [0.3, 0.4) is 0 Å². The van der Waals surface area contributed by atoms with E-state index in [0.29, 0.717) is 0 Å². The molecule has 0 spiro atoms. The van der Waals surface area contributed by atoms with Crippen molar-refractivity contribution < 1.29 is 19.6 Å². The maximum absolute atomic E-state index is 11.7. The number of nitro groups is 1. The van der Waals surface area contributed by atoms with Crippen molar-refractivity contribution in [3.63, 3.8) is 0 Å². The summed E-state index contributed by atoms with van der Waals surface area (Å²) in [6, 6.07) is 5.55. The third kappa shape index (κ3) is 4.33. The summed E-state index contributed by atoms with van der Waals surface area (Å²) >= 11 is 0. The molecule has 0 aliphatic heterocycles. The molecular weight excluding hydrogens is 250 g/mol. The number of hydrogen-bond donors (Lipinski definition) is 1. The van der Waals surface area contributed by atoms with Crippen LogP contribution in [0.4, 0.5) is 5.69 Å². The first-order valence-corrected chi connectivity index (χ1v) is 5.80. The van der Waals surface area contributed by atoms with Gasteiger partial charge in [-0.1, -0.05) is 32.9 Å². The summed E-state index contributed by atoms with van der Waals surface area (Å²) in [7, 11) is 0. The van der Waals surface area contributed by atoms with Gasteiger partial charge in [0.15, 0.2) is 6.10 Å². The molecular formula is C13H17NO5. The summed E-state index contributed by atoms with van der Waals surface area (Å²) in [6.07, 6.45) is -1.65. The zero-order valence-corrected chi connectivity index (χ0v) is 11.1. The van der Waals surface area contributed by atoms with Crippen LogP contribution >= 0.6 is 0 Å². The van der Waals surface area contributed by atoms with Gasteiger partial charge in [-0.3, -0.25) is 10.1 Å². The highest BCUT2D eigenvalue weighted by atomic mass is 16.6. The van der Waals surface area contributed by atoms with E-state index >= 15 is 0 Å². The molecule has 6 nitrogen and oxygen atoms in total. The first kappa shape index (κ1) is 15.1. The van der Waals surface area contributed by atoms with Crippen LogP contribution in [0, 0.1) is 15.5 Å². The SMILES string of the molecule is CC(C)(C)COC(=O)C(O)c1ccccc1[N+](=O)[O-]. The van der Waals surface area contributed by atoms with E-state index in [1.165, 1.54) is 24.3 Å². The third-order valence-electron chi connectivity index (χ3n) is 2.30. The maximum atomic E-state index is 11.7. The Bertz CT molecular complexity index is 478. The van der Waals surface area contributed by atoms with Crippen molar-refractivity contribution in [3.8, 4) is 0 Å². The summed E-state index contributed by atoms with van der Waals surface area (Å²) in [6.45, 7) is 5.75. The predicted octanol–water partition coefficient (Wildman–Crippen LogP) is 2.22. The Kier molecular flexibility index (Phi) is 4.61. The number of ether oxygens (including phenoxy) is 1. The van der Waals surface area contributed by atoms with Crippen molar-refractivity contribution >= 4 is 11.7 Å². The zero-order valence-electron chi connectivity index (χ0n) is 11.1. The highest BCUT2D eigenvalue weighted by Crippen LogP contribution is 2.26. The number of esters is 1. The van der Waals surface area contributed by atoms with Crippen LogP contribution in [-0.4, -0.2) is 22.6 Å². The second-order valence-electron chi connectivity index (χ2n) is 5.39. The number of carbonyl (C=O) groups excluding carboxylic acids is 1. The zero-order chi connectivity index (χ0) is 14.6. The summed E-state index contributed by atoms with van der Waals surface area (Å²) in [5, 5.41) is 20.6. The molecule has 19 heavy (non-hydrogen) atoms. The second kappa shape index (κ2) is 5.79. The van der Waals surface area contributed by atoms with Gasteiger partial charge in [0.05, 0.1) is 17.1 Å². The first-order valence-electron chi connectivity index (χ1n) is 5.80. The van der Waals surface area contributed by atoms with Crippen LogP contribution in [0.1, 0.15) is 32.4 Å². The highest BCUT2D eigenvalue weighted by Gasteiger charge is 2.27. The van der Waals surface area contributed by atoms with Gasteiger partial charge in [-0.05, 0) is 11.5 Å². The third-order valence-corrected chi connectivity index (χ3v) is 2.30. The largest absolute Gasteiger partial charge is 0.463 e. The van der Waals surface area contributed by atoms with Crippen molar-refractivity contribution in [2.24, 2.45) is 5.41 Å². The maximum Gasteiger partial charge on any atom is 0.339 e. The molecule has 104 valence electrons. The van der Waals surface area contributed by atoms with Crippen molar-refractivity contribution in [1.29, 1.82) is 0 Å². The Morgan fingerprint density at radius 1 is 1.42 bits per heavy atom. The fraction of sp³-hybridized carbons (Fsp3) is 0.462. The van der Waals surface area contributed by atoms with Gasteiger partial charge in [0, 0.05) is 6.07 Å². The molecule has 0 aliphatic rings. The molecule has 0 fully saturated rings. The number of nitro benzene ring substituents is 1. The van der Waals surface area contributed by atoms with E-state index in [-0.39, 0.29) is 23.3 Å². The average Bonchev–Trinajstić information content (AvgIpc) is 2.34. The van der Waals surface area contributed by atoms with Gasteiger partial charge in [0.1, 0.15) is 0 Å². The number of nitrogens with zero attached hydrogens (tertiary/aromatic N) is 1. The lowest BCUT2D eigenvalue weighted by atomic mass is 9.98. The van der Waals surface area contributed by atoms with Crippen LogP contribution < -0.4 is 0 Å². The topological polar surface area (TPSA) is 89.7 Å². The molecule has 1 N–H and O–H groups in total. The van der Waals surface area contributed by atoms with Crippen molar-refractivity contribution in [2.45, 2.75) is 26.9 Å². The lowest BCUT2D eigenvalue weighted by Gasteiger charge is -2.19. The minimum absolute atomic E-state index is 0.0635. The molecule has 0 aliphatic carbocycles. The molecule has 0 bridgehead atoms. The second-order valence-corrected chi connectivity index (χ2v) is 5.39. The van der Waals surface area contributed by atoms with Gasteiger partial charge >= 0.3 is 5.97 Å². The predicted molar refractivity (Wildman–Crippen MR) is 68.5 cm³/mol. The normalized spacial score (nSPS) is 12.8. The average molecular weight is 267 g/mol. The van der Waals surface area contributed by atoms with Crippen LogP contribution in [0.2, 0.25) is 0 Å². The molecule has 1 aromatic rings. The molecule has 0 saturated heterocycles. The Morgan fingerprint density at radius 3 is 2.53 bits per heavy atom. The van der Waals surface area contributed by atoms with E-state index in [1.54, 1.807) is 0 Å². The van der Waals surface area contributed by atoms with E-state index in [0.717, 1.165) is 0 Å². The van der Waals surface area contributed by atoms with E-state index in [2.05, 4.69) is 0 Å². The van der Waals surface area contributed by atoms with Gasteiger partial charge in [0.2, 0.25) is 0 Å². The molecule has 1 rings (SSSR count). The van der Waals surface area contributed by atoms with Crippen molar-refractivity contribution in [3.05, 3.63) is 39.9 Å². The van der Waals surface area contributed by atoms with Crippen LogP contribution in [-0.2, 0) is 9.53 Å². The molecule has 1 unspecified atom stereocenters. The molecule has 0 radical (unpaired) electrons. The summed E-state index contributed by atoms with van der Waals surface area (Å²) in [5.74, 6) is -0.885. The van der Waals surface area contributed by atoms with E-state index in [9.17, 15) is 20.0 Å². The Labute approximate surface area is 111 Å². The van der Waals surface area contributed by atoms with Crippen LogP contribution in [0.5, 0.6) is 0 Å². The lowest BCUT2D eigenvalue weighted by molar-refractivity contribution is -0.386. The van der Waals surface area contributed by atoms with Gasteiger partial charge in [-0.25, -0.2) is 4.79 Å². The van der Waals surface area contributed by atoms with Crippen molar-refractivity contribution in [2.75, 3.05) is 6.61 Å². The van der Waals surface area contributed by atoms with E-state index in [1.807, 2.05) is 20.8 Å². The molecule has 6 heteroatoms. The highest BCUT2D eigenvalue weighted by molar-refractivity contribution is 5.77. The minimum Gasteiger partial charge on any atom is -0.463 e. The molecule has 1 aromatic carbocycles. The van der Waals surface area contributed by atoms with E-state index < -0.39 is 17.0 Å². The van der Waals surface area contributed by atoms with Gasteiger partial charge in [-0.2, -0.15) is 0 Å². The fourth-order valence-electron chi connectivity index (χ4n) is 1.38. The molecule has 0 aromatic heterocycles. The smallest absolute Gasteiger partial charge is 0.339 e. The summed E-state index contributed by atoms with van der Waals surface area (Å²) in [4.78, 5) is 21.8. The monoisotopic (exact) mass is 267 g/mol. The lowest BCUT2D eigenvalue weighted by Crippen LogP contribution is -2.23. The number of rotatable bonds is 4. The minimum atomic E-state index is -1.65. The van der Waals surface area contributed by atoms with Crippen molar-refractivity contribution in [1.82, 2.24) is 0 Å². The first-order chi connectivity index (χ1) is 8.72. The molecule has 0 heterocycles. The number of aliphatic hydroxyl groups is 1.